The summed E-state index contributed by atoms with van der Waals surface area (Å²) in [6.07, 6.45) is 0.765. The van der Waals surface area contributed by atoms with Gasteiger partial charge >= 0.3 is 11.9 Å². The highest BCUT2D eigenvalue weighted by Crippen LogP contribution is 2.15. The van der Waals surface area contributed by atoms with Crippen LogP contribution in [0.5, 0.6) is 5.75 Å². The van der Waals surface area contributed by atoms with Gasteiger partial charge in [0.15, 0.2) is 0 Å². The second kappa shape index (κ2) is 8.84. The summed E-state index contributed by atoms with van der Waals surface area (Å²) in [4.78, 5) is 23.2. The van der Waals surface area contributed by atoms with Gasteiger partial charge in [-0.3, -0.25) is 9.69 Å². The van der Waals surface area contributed by atoms with Crippen LogP contribution in [0.1, 0.15) is 21.5 Å². The van der Waals surface area contributed by atoms with E-state index in [0.717, 1.165) is 23.3 Å². The lowest BCUT2D eigenvalue weighted by atomic mass is 10.1. The number of carbonyl (C=O) groups is 2. The van der Waals surface area contributed by atoms with Gasteiger partial charge in [0, 0.05) is 6.54 Å². The van der Waals surface area contributed by atoms with Crippen LogP contribution in [0, 0.1) is 0 Å². The van der Waals surface area contributed by atoms with Crippen molar-refractivity contribution in [3.8, 4) is 5.75 Å². The maximum absolute atomic E-state index is 10.8. The third-order valence-corrected chi connectivity index (χ3v) is 3.72. The zero-order valence-electron chi connectivity index (χ0n) is 14.0. The van der Waals surface area contributed by atoms with Crippen molar-refractivity contribution < 1.29 is 24.5 Å². The van der Waals surface area contributed by atoms with Gasteiger partial charge in [-0.25, -0.2) is 4.79 Å². The lowest BCUT2D eigenvalue weighted by Gasteiger charge is -2.14. The molecule has 0 amide bonds. The maximum Gasteiger partial charge on any atom is 0.335 e. The number of likely N-dealkylation sites (N-methyl/N-ethyl adjacent to an activating group) is 1. The van der Waals surface area contributed by atoms with E-state index in [-0.39, 0.29) is 12.1 Å². The van der Waals surface area contributed by atoms with E-state index in [1.54, 1.807) is 36.2 Å². The molecule has 132 valence electrons. The van der Waals surface area contributed by atoms with E-state index < -0.39 is 11.9 Å². The molecule has 0 radical (unpaired) electrons. The van der Waals surface area contributed by atoms with Gasteiger partial charge in [-0.05, 0) is 48.9 Å². The van der Waals surface area contributed by atoms with Crippen molar-refractivity contribution in [1.82, 2.24) is 4.90 Å². The molecule has 6 heteroatoms. The van der Waals surface area contributed by atoms with Crippen LogP contribution in [0.25, 0.3) is 0 Å². The molecule has 2 aromatic carbocycles. The molecule has 0 unspecified atom stereocenters. The minimum absolute atomic E-state index is 0.0296. The third kappa shape index (κ3) is 6.27. The molecule has 0 saturated heterocycles. The van der Waals surface area contributed by atoms with Crippen molar-refractivity contribution in [3.05, 3.63) is 65.2 Å². The maximum atomic E-state index is 10.8. The quantitative estimate of drug-likeness (QED) is 0.727. The van der Waals surface area contributed by atoms with Gasteiger partial charge in [0.25, 0.3) is 0 Å². The van der Waals surface area contributed by atoms with Crippen molar-refractivity contribution in [2.24, 2.45) is 0 Å². The molecule has 6 nitrogen and oxygen atoms in total. The lowest BCUT2D eigenvalue weighted by Crippen LogP contribution is -2.27. The Hall–Kier alpha value is -2.86. The Kier molecular flexibility index (Phi) is 6.54. The Balaban J connectivity index is 1.81. The molecule has 0 aliphatic carbocycles. The van der Waals surface area contributed by atoms with E-state index in [0.29, 0.717) is 13.2 Å². The molecule has 0 bridgehead atoms. The molecule has 0 atom stereocenters. The molecule has 0 saturated carbocycles. The number of ether oxygens (including phenoxy) is 1. The van der Waals surface area contributed by atoms with Gasteiger partial charge in [0.1, 0.15) is 12.4 Å². The van der Waals surface area contributed by atoms with Gasteiger partial charge in [0.2, 0.25) is 0 Å². The predicted octanol–water partition coefficient (Wildman–Crippen LogP) is 2.52. The first-order valence-electron chi connectivity index (χ1n) is 7.88. The summed E-state index contributed by atoms with van der Waals surface area (Å²) in [7, 11) is 1.78. The number of hydrogen-bond donors (Lipinski definition) is 2. The van der Waals surface area contributed by atoms with Crippen molar-refractivity contribution in [2.45, 2.75) is 13.0 Å². The molecule has 2 rings (SSSR count). The van der Waals surface area contributed by atoms with Crippen molar-refractivity contribution in [3.63, 3.8) is 0 Å². The van der Waals surface area contributed by atoms with Gasteiger partial charge in [-0.2, -0.15) is 0 Å². The van der Waals surface area contributed by atoms with Crippen molar-refractivity contribution >= 4 is 11.9 Å². The minimum atomic E-state index is -0.947. The molecule has 0 aliphatic heterocycles. The molecular formula is C19H21NO5. The second-order valence-electron chi connectivity index (χ2n) is 5.82. The Labute approximate surface area is 146 Å². The summed E-state index contributed by atoms with van der Waals surface area (Å²) >= 11 is 0. The average molecular weight is 343 g/mol. The van der Waals surface area contributed by atoms with E-state index >= 15 is 0 Å². The monoisotopic (exact) mass is 343 g/mol. The minimum Gasteiger partial charge on any atom is -0.489 e. The standard InChI is InChI=1S/C19H21NO5/c1-20(12-18(21)22)11-10-14-4-8-17(9-5-14)25-13-15-2-6-16(7-3-15)19(23)24/h2-9H,10-13H2,1H3,(H,21,22)(H,23,24). The van der Waals surface area contributed by atoms with Crippen LogP contribution < -0.4 is 4.74 Å². The number of aliphatic carboxylic acids is 1. The first-order valence-corrected chi connectivity index (χ1v) is 7.88. The first kappa shape index (κ1) is 18.5. The number of hydrogen-bond acceptors (Lipinski definition) is 4. The van der Waals surface area contributed by atoms with Gasteiger partial charge in [-0.15, -0.1) is 0 Å². The zero-order valence-corrected chi connectivity index (χ0v) is 14.0. The topological polar surface area (TPSA) is 87.1 Å². The number of aromatic carboxylic acids is 1. The molecular weight excluding hydrogens is 322 g/mol. The summed E-state index contributed by atoms with van der Waals surface area (Å²) in [6, 6.07) is 14.2. The van der Waals surface area contributed by atoms with Crippen molar-refractivity contribution in [1.29, 1.82) is 0 Å². The van der Waals surface area contributed by atoms with E-state index in [2.05, 4.69) is 0 Å². The van der Waals surface area contributed by atoms with Gasteiger partial charge in [0.05, 0.1) is 12.1 Å². The highest BCUT2D eigenvalue weighted by atomic mass is 16.5. The summed E-state index contributed by atoms with van der Waals surface area (Å²) in [5, 5.41) is 17.6. The number of carboxylic acids is 2. The van der Waals surface area contributed by atoms with Crippen LogP contribution >= 0.6 is 0 Å². The molecule has 0 aliphatic rings. The van der Waals surface area contributed by atoms with Gasteiger partial charge in [-0.1, -0.05) is 24.3 Å². The van der Waals surface area contributed by atoms with E-state index in [9.17, 15) is 9.59 Å². The Morgan fingerprint density at radius 1 is 0.960 bits per heavy atom. The van der Waals surface area contributed by atoms with Gasteiger partial charge < -0.3 is 14.9 Å². The number of carboxylic acid groups (broad SMARTS) is 2. The fourth-order valence-electron chi connectivity index (χ4n) is 2.29. The third-order valence-electron chi connectivity index (χ3n) is 3.72. The molecule has 25 heavy (non-hydrogen) atoms. The van der Waals surface area contributed by atoms with Crippen LogP contribution in [0.15, 0.2) is 48.5 Å². The molecule has 0 aromatic heterocycles. The zero-order chi connectivity index (χ0) is 18.2. The van der Waals surface area contributed by atoms with Crippen molar-refractivity contribution in [2.75, 3.05) is 20.1 Å². The summed E-state index contributed by atoms with van der Waals surface area (Å²) < 4.78 is 5.69. The number of nitrogens with zero attached hydrogens (tertiary/aromatic N) is 1. The SMILES string of the molecule is CN(CCc1ccc(OCc2ccc(C(=O)O)cc2)cc1)CC(=O)O. The van der Waals surface area contributed by atoms with E-state index in [4.69, 9.17) is 14.9 Å². The molecule has 0 fully saturated rings. The molecule has 2 N–H and O–H groups in total. The summed E-state index contributed by atoms with van der Waals surface area (Å²) in [5.74, 6) is -1.05. The smallest absolute Gasteiger partial charge is 0.335 e. The average Bonchev–Trinajstić information content (AvgIpc) is 2.59. The Bertz CT molecular complexity index is 710. The first-order chi connectivity index (χ1) is 11.9. The van der Waals surface area contributed by atoms with Crippen LogP contribution in [0.2, 0.25) is 0 Å². The molecule has 0 spiro atoms. The van der Waals surface area contributed by atoms with Crippen LogP contribution in [-0.4, -0.2) is 47.2 Å². The summed E-state index contributed by atoms with van der Waals surface area (Å²) in [5.41, 5.74) is 2.25. The highest BCUT2D eigenvalue weighted by Gasteiger charge is 2.05. The largest absolute Gasteiger partial charge is 0.489 e. The Morgan fingerprint density at radius 3 is 2.12 bits per heavy atom. The Morgan fingerprint density at radius 2 is 1.56 bits per heavy atom. The van der Waals surface area contributed by atoms with Crippen LogP contribution in [0.3, 0.4) is 0 Å². The molecule has 2 aromatic rings. The fourth-order valence-corrected chi connectivity index (χ4v) is 2.29. The normalized spacial score (nSPS) is 10.6. The highest BCUT2D eigenvalue weighted by molar-refractivity contribution is 5.87. The van der Waals surface area contributed by atoms with Crippen LogP contribution in [0.4, 0.5) is 0 Å². The number of benzene rings is 2. The number of rotatable bonds is 9. The lowest BCUT2D eigenvalue weighted by molar-refractivity contribution is -0.137. The van der Waals surface area contributed by atoms with Crippen LogP contribution in [-0.2, 0) is 17.8 Å². The molecule has 0 heterocycles. The predicted molar refractivity (Wildman–Crippen MR) is 93.0 cm³/mol. The van der Waals surface area contributed by atoms with E-state index in [1.807, 2.05) is 24.3 Å². The van der Waals surface area contributed by atoms with E-state index in [1.165, 1.54) is 0 Å². The summed E-state index contributed by atoms with van der Waals surface area (Å²) in [6.45, 7) is 1.06. The second-order valence-corrected chi connectivity index (χ2v) is 5.82. The fraction of sp³-hybridized carbons (Fsp3) is 0.263.